The van der Waals surface area contributed by atoms with E-state index in [4.69, 9.17) is 4.74 Å². The van der Waals surface area contributed by atoms with E-state index < -0.39 is 5.97 Å². The molecule has 0 aliphatic rings. The van der Waals surface area contributed by atoms with Crippen molar-refractivity contribution in [3.63, 3.8) is 0 Å². The fourth-order valence-corrected chi connectivity index (χ4v) is 2.73. The summed E-state index contributed by atoms with van der Waals surface area (Å²) < 4.78 is 4.88. The van der Waals surface area contributed by atoms with Crippen molar-refractivity contribution in [1.29, 1.82) is 0 Å². The van der Waals surface area contributed by atoms with Gasteiger partial charge in [0.2, 0.25) is 0 Å². The summed E-state index contributed by atoms with van der Waals surface area (Å²) in [6.45, 7) is 6.52. The molecule has 2 heterocycles. The molecule has 0 aliphatic heterocycles. The molecule has 7 nitrogen and oxygen atoms in total. The number of thiazole rings is 1. The molecule has 0 aliphatic carbocycles. The minimum absolute atomic E-state index is 0.191. The largest absolute Gasteiger partial charge is 0.461 e. The molecule has 25 heavy (non-hydrogen) atoms. The van der Waals surface area contributed by atoms with E-state index in [1.165, 1.54) is 11.3 Å². The van der Waals surface area contributed by atoms with Crippen LogP contribution in [-0.2, 0) is 11.3 Å². The number of nitrogens with zero attached hydrogens (tertiary/aromatic N) is 2. The average Bonchev–Trinajstić information content (AvgIpc) is 3.08. The first-order chi connectivity index (χ1) is 12.0. The summed E-state index contributed by atoms with van der Waals surface area (Å²) in [4.78, 5) is 32.5. The molecule has 0 saturated heterocycles. The minimum Gasteiger partial charge on any atom is -0.461 e. The highest BCUT2D eigenvalue weighted by atomic mass is 32.1. The van der Waals surface area contributed by atoms with Gasteiger partial charge in [0, 0.05) is 18.8 Å². The van der Waals surface area contributed by atoms with Gasteiger partial charge in [0.15, 0.2) is 5.13 Å². The van der Waals surface area contributed by atoms with Crippen molar-refractivity contribution in [1.82, 2.24) is 15.3 Å². The maximum Gasteiger partial charge on any atom is 0.356 e. The van der Waals surface area contributed by atoms with Crippen LogP contribution >= 0.6 is 11.3 Å². The van der Waals surface area contributed by atoms with Crippen molar-refractivity contribution in [3.05, 3.63) is 40.7 Å². The van der Waals surface area contributed by atoms with Gasteiger partial charge in [-0.05, 0) is 31.9 Å². The van der Waals surface area contributed by atoms with Crippen LogP contribution in [0.2, 0.25) is 0 Å². The molecule has 0 radical (unpaired) electrons. The predicted molar refractivity (Wildman–Crippen MR) is 96.9 cm³/mol. The molecule has 134 valence electrons. The smallest absolute Gasteiger partial charge is 0.356 e. The van der Waals surface area contributed by atoms with Gasteiger partial charge in [0.25, 0.3) is 5.91 Å². The van der Waals surface area contributed by atoms with Crippen molar-refractivity contribution in [2.75, 3.05) is 11.9 Å². The Morgan fingerprint density at radius 3 is 2.68 bits per heavy atom. The highest BCUT2D eigenvalue weighted by Gasteiger charge is 2.12. The average molecular weight is 362 g/mol. The first kappa shape index (κ1) is 18.9. The van der Waals surface area contributed by atoms with Crippen LogP contribution in [0.3, 0.4) is 0 Å². The third kappa shape index (κ3) is 5.53. The molecule has 2 rings (SSSR count). The number of esters is 1. The van der Waals surface area contributed by atoms with Crippen LogP contribution < -0.4 is 10.6 Å². The summed E-state index contributed by atoms with van der Waals surface area (Å²) in [5.74, 6) is -0.645. The lowest BCUT2D eigenvalue weighted by Gasteiger charge is -2.08. The molecule has 0 unspecified atom stereocenters. The van der Waals surface area contributed by atoms with Crippen molar-refractivity contribution in [2.45, 2.75) is 39.8 Å². The van der Waals surface area contributed by atoms with Crippen LogP contribution in [0.1, 0.15) is 52.9 Å². The topological polar surface area (TPSA) is 93.2 Å². The zero-order valence-electron chi connectivity index (χ0n) is 14.5. The summed E-state index contributed by atoms with van der Waals surface area (Å²) in [7, 11) is 0. The first-order valence-corrected chi connectivity index (χ1v) is 8.97. The van der Waals surface area contributed by atoms with E-state index >= 15 is 0 Å². The van der Waals surface area contributed by atoms with Gasteiger partial charge in [-0.1, -0.05) is 24.3 Å². The second-order valence-corrected chi connectivity index (χ2v) is 6.47. The fourth-order valence-electron chi connectivity index (χ4n) is 1.88. The van der Waals surface area contributed by atoms with Gasteiger partial charge in [0.05, 0.1) is 12.8 Å². The van der Waals surface area contributed by atoms with E-state index in [0.717, 1.165) is 17.1 Å². The van der Waals surface area contributed by atoms with Crippen molar-refractivity contribution < 1.29 is 14.3 Å². The second kappa shape index (κ2) is 9.12. The zero-order valence-corrected chi connectivity index (χ0v) is 15.4. The van der Waals surface area contributed by atoms with Crippen LogP contribution in [0, 0.1) is 0 Å². The van der Waals surface area contributed by atoms with E-state index in [2.05, 4.69) is 34.4 Å². The summed E-state index contributed by atoms with van der Waals surface area (Å²) in [5.41, 5.74) is 1.05. The monoisotopic (exact) mass is 362 g/mol. The van der Waals surface area contributed by atoms with Gasteiger partial charge in [-0.2, -0.15) is 0 Å². The van der Waals surface area contributed by atoms with Crippen LogP contribution in [0.15, 0.2) is 24.5 Å². The van der Waals surface area contributed by atoms with Gasteiger partial charge >= 0.3 is 5.97 Å². The molecule has 0 aromatic carbocycles. The van der Waals surface area contributed by atoms with Gasteiger partial charge in [-0.15, -0.1) is 0 Å². The predicted octanol–water partition coefficient (Wildman–Crippen LogP) is 2.86. The molecular weight excluding hydrogens is 340 g/mol. The Morgan fingerprint density at radius 1 is 1.24 bits per heavy atom. The maximum atomic E-state index is 12.2. The number of aromatic nitrogens is 2. The van der Waals surface area contributed by atoms with Crippen LogP contribution in [0.25, 0.3) is 0 Å². The number of pyridine rings is 1. The number of amides is 1. The molecule has 0 bridgehead atoms. The Kier molecular flexibility index (Phi) is 6.88. The van der Waals surface area contributed by atoms with E-state index in [1.54, 1.807) is 31.5 Å². The molecule has 2 aromatic rings. The van der Waals surface area contributed by atoms with E-state index in [0.29, 0.717) is 24.1 Å². The third-order valence-electron chi connectivity index (χ3n) is 3.47. The molecule has 0 saturated carbocycles. The lowest BCUT2D eigenvalue weighted by Crippen LogP contribution is -2.22. The van der Waals surface area contributed by atoms with E-state index in [9.17, 15) is 9.59 Å². The number of anilines is 1. The number of carbonyl (C=O) groups is 2. The van der Waals surface area contributed by atoms with Gasteiger partial charge in [0.1, 0.15) is 10.6 Å². The normalized spacial score (nSPS) is 11.6. The van der Waals surface area contributed by atoms with Crippen LogP contribution in [-0.4, -0.2) is 34.5 Å². The SMILES string of the molecule is CCOC(=O)c1ccc(CNC(=O)c2cnc(N[C@H](C)CC)s2)cn1. The third-order valence-corrected chi connectivity index (χ3v) is 4.40. The number of rotatable bonds is 8. The maximum absolute atomic E-state index is 12.2. The molecule has 1 atom stereocenters. The quantitative estimate of drug-likeness (QED) is 0.702. The standard InChI is InChI=1S/C17H22N4O3S/c1-4-11(3)21-17-20-10-14(25-17)15(22)19-9-12-6-7-13(18-8-12)16(23)24-5-2/h6-8,10-11H,4-5,9H2,1-3H3,(H,19,22)(H,20,21)/t11-/m1/s1. The number of ether oxygens (including phenoxy) is 1. The van der Waals surface area contributed by atoms with E-state index in [-0.39, 0.29) is 11.6 Å². The molecule has 1 amide bonds. The fraction of sp³-hybridized carbons (Fsp3) is 0.412. The van der Waals surface area contributed by atoms with Gasteiger partial charge in [-0.25, -0.2) is 14.8 Å². The highest BCUT2D eigenvalue weighted by molar-refractivity contribution is 7.17. The number of nitrogens with one attached hydrogen (secondary N) is 2. The summed E-state index contributed by atoms with van der Waals surface area (Å²) in [6, 6.07) is 3.63. The zero-order chi connectivity index (χ0) is 18.2. The number of carbonyl (C=O) groups excluding carboxylic acids is 2. The second-order valence-electron chi connectivity index (χ2n) is 5.44. The lowest BCUT2D eigenvalue weighted by molar-refractivity contribution is 0.0519. The lowest BCUT2D eigenvalue weighted by atomic mass is 10.2. The Balaban J connectivity index is 1.88. The van der Waals surface area contributed by atoms with Crippen molar-refractivity contribution in [3.8, 4) is 0 Å². The van der Waals surface area contributed by atoms with Gasteiger partial charge < -0.3 is 15.4 Å². The van der Waals surface area contributed by atoms with Gasteiger partial charge in [-0.3, -0.25) is 4.79 Å². The number of hydrogen-bond acceptors (Lipinski definition) is 7. The van der Waals surface area contributed by atoms with Crippen molar-refractivity contribution >= 4 is 28.3 Å². The Labute approximate surface area is 150 Å². The molecule has 2 N–H and O–H groups in total. The molecular formula is C17H22N4O3S. The summed E-state index contributed by atoms with van der Waals surface area (Å²) in [6.07, 6.45) is 4.10. The Bertz CT molecular complexity index is 715. The molecule has 0 fully saturated rings. The highest BCUT2D eigenvalue weighted by Crippen LogP contribution is 2.19. The minimum atomic E-state index is -0.455. The summed E-state index contributed by atoms with van der Waals surface area (Å²) in [5, 5.41) is 6.79. The summed E-state index contributed by atoms with van der Waals surface area (Å²) >= 11 is 1.32. The van der Waals surface area contributed by atoms with Crippen molar-refractivity contribution in [2.24, 2.45) is 0 Å². The molecule has 8 heteroatoms. The van der Waals surface area contributed by atoms with Crippen LogP contribution in [0.4, 0.5) is 5.13 Å². The van der Waals surface area contributed by atoms with E-state index in [1.807, 2.05) is 0 Å². The molecule has 0 spiro atoms. The Hall–Kier alpha value is -2.48. The molecule has 2 aromatic heterocycles. The Morgan fingerprint density at radius 2 is 2.04 bits per heavy atom. The number of hydrogen-bond donors (Lipinski definition) is 2. The first-order valence-electron chi connectivity index (χ1n) is 8.16. The van der Waals surface area contributed by atoms with Crippen LogP contribution in [0.5, 0.6) is 0 Å².